The van der Waals surface area contributed by atoms with E-state index in [1.54, 1.807) is 16.5 Å². The van der Waals surface area contributed by atoms with Gasteiger partial charge in [-0.05, 0) is 63.6 Å². The van der Waals surface area contributed by atoms with E-state index in [4.69, 9.17) is 0 Å². The van der Waals surface area contributed by atoms with E-state index in [1.807, 2.05) is 32.0 Å². The van der Waals surface area contributed by atoms with E-state index in [0.29, 0.717) is 31.6 Å². The van der Waals surface area contributed by atoms with Crippen LogP contribution >= 0.6 is 0 Å². The Morgan fingerprint density at radius 1 is 0.971 bits per heavy atom. The van der Waals surface area contributed by atoms with E-state index in [2.05, 4.69) is 5.32 Å². The minimum absolute atomic E-state index is 0.0712. The first-order valence-electron chi connectivity index (χ1n) is 12.0. The van der Waals surface area contributed by atoms with Gasteiger partial charge in [0.1, 0.15) is 10.6 Å². The van der Waals surface area contributed by atoms with Crippen LogP contribution in [0.3, 0.4) is 0 Å². The minimum atomic E-state index is -3.74. The Kier molecular flexibility index (Phi) is 7.14. The highest BCUT2D eigenvalue weighted by molar-refractivity contribution is 7.89. The number of hydrogen-bond donors (Lipinski definition) is 1. The van der Waals surface area contributed by atoms with Crippen LogP contribution in [0.5, 0.6) is 0 Å². The van der Waals surface area contributed by atoms with Crippen molar-refractivity contribution in [2.24, 2.45) is 13.0 Å². The van der Waals surface area contributed by atoms with E-state index in [9.17, 15) is 18.0 Å². The van der Waals surface area contributed by atoms with Crippen molar-refractivity contribution in [2.75, 3.05) is 31.5 Å². The number of piperidine rings is 2. The van der Waals surface area contributed by atoms with Gasteiger partial charge in [-0.2, -0.15) is 4.31 Å². The number of rotatable bonds is 5. The number of nitrogens with zero attached hydrogens (tertiary/aromatic N) is 3. The Labute approximate surface area is 202 Å². The Balaban J connectivity index is 1.40. The number of carbonyl (C=O) groups excluding carboxylic acids is 2. The number of aromatic nitrogens is 1. The second-order valence-electron chi connectivity index (χ2n) is 9.51. The summed E-state index contributed by atoms with van der Waals surface area (Å²) >= 11 is 0. The molecule has 4 rings (SSSR count). The van der Waals surface area contributed by atoms with Crippen molar-refractivity contribution < 1.29 is 18.0 Å². The molecule has 0 atom stereocenters. The quantitative estimate of drug-likeness (QED) is 0.702. The summed E-state index contributed by atoms with van der Waals surface area (Å²) in [4.78, 5) is 27.6. The Bertz CT molecular complexity index is 1170. The zero-order valence-corrected chi connectivity index (χ0v) is 21.0. The first kappa shape index (κ1) is 24.5. The van der Waals surface area contributed by atoms with Crippen molar-refractivity contribution in [3.63, 3.8) is 0 Å². The molecule has 2 aliphatic rings. The lowest BCUT2D eigenvalue weighted by atomic mass is 9.97. The third kappa shape index (κ3) is 5.05. The van der Waals surface area contributed by atoms with Gasteiger partial charge in [0.25, 0.3) is 5.91 Å². The molecule has 1 N–H and O–H groups in total. The maximum atomic E-state index is 13.3. The molecular formula is C25H34N4O4S. The molecule has 8 nitrogen and oxygen atoms in total. The monoisotopic (exact) mass is 486 g/mol. The summed E-state index contributed by atoms with van der Waals surface area (Å²) in [5.41, 5.74) is 3.33. The molecule has 184 valence electrons. The summed E-state index contributed by atoms with van der Waals surface area (Å²) in [5, 5.41) is 2.99. The van der Waals surface area contributed by atoms with Crippen LogP contribution in [0.15, 0.2) is 35.4 Å². The van der Waals surface area contributed by atoms with Gasteiger partial charge in [0, 0.05) is 51.0 Å². The molecule has 0 radical (unpaired) electrons. The number of hydrogen-bond acceptors (Lipinski definition) is 4. The molecule has 2 aliphatic heterocycles. The zero-order chi connectivity index (χ0) is 24.5. The number of nitrogens with one attached hydrogen (secondary N) is 1. The Morgan fingerprint density at radius 2 is 1.65 bits per heavy atom. The van der Waals surface area contributed by atoms with Gasteiger partial charge < -0.3 is 14.8 Å². The molecule has 34 heavy (non-hydrogen) atoms. The topological polar surface area (TPSA) is 91.7 Å². The van der Waals surface area contributed by atoms with Gasteiger partial charge in [-0.15, -0.1) is 0 Å². The lowest BCUT2D eigenvalue weighted by Gasteiger charge is -2.30. The van der Waals surface area contributed by atoms with Crippen molar-refractivity contribution in [1.82, 2.24) is 13.8 Å². The third-order valence-electron chi connectivity index (χ3n) is 6.94. The Hall–Kier alpha value is -2.65. The summed E-state index contributed by atoms with van der Waals surface area (Å²) in [7, 11) is -2.03. The average molecular weight is 487 g/mol. The second-order valence-corrected chi connectivity index (χ2v) is 11.4. The molecule has 2 amide bonds. The number of anilines is 1. The molecule has 0 aliphatic carbocycles. The van der Waals surface area contributed by atoms with E-state index in [-0.39, 0.29) is 35.7 Å². The van der Waals surface area contributed by atoms with Gasteiger partial charge in [0.05, 0.1) is 0 Å². The van der Waals surface area contributed by atoms with Crippen molar-refractivity contribution >= 4 is 27.5 Å². The first-order valence-corrected chi connectivity index (χ1v) is 13.4. The predicted octanol–water partition coefficient (Wildman–Crippen LogP) is 3.31. The van der Waals surface area contributed by atoms with Crippen molar-refractivity contribution in [1.29, 1.82) is 0 Å². The average Bonchev–Trinajstić information content (AvgIpc) is 3.23. The SMILES string of the molecule is Cc1ccc(NC(=O)C2CCN(S(=O)(=O)c3cc(C(=O)N4CCCCC4)n(C)c3)CC2)c(C)c1. The highest BCUT2D eigenvalue weighted by Crippen LogP contribution is 2.27. The fourth-order valence-corrected chi connectivity index (χ4v) is 6.38. The van der Waals surface area contributed by atoms with Gasteiger partial charge in [-0.25, -0.2) is 8.42 Å². The molecule has 0 spiro atoms. The standard InChI is InChI=1S/C25H34N4O4S/c1-18-7-8-22(19(2)15-18)26-24(30)20-9-13-29(14-10-20)34(32,33)21-16-23(27(3)17-21)25(31)28-11-5-4-6-12-28/h7-8,15-17,20H,4-6,9-14H2,1-3H3,(H,26,30). The van der Waals surface area contributed by atoms with Gasteiger partial charge >= 0.3 is 0 Å². The van der Waals surface area contributed by atoms with Gasteiger partial charge in [0.15, 0.2) is 0 Å². The Morgan fingerprint density at radius 3 is 2.29 bits per heavy atom. The fraction of sp³-hybridized carbons (Fsp3) is 0.520. The summed E-state index contributed by atoms with van der Waals surface area (Å²) < 4.78 is 29.6. The largest absolute Gasteiger partial charge is 0.345 e. The smallest absolute Gasteiger partial charge is 0.270 e. The van der Waals surface area contributed by atoms with Crippen molar-refractivity contribution in [3.05, 3.63) is 47.3 Å². The van der Waals surface area contributed by atoms with Crippen LogP contribution in [-0.4, -0.2) is 60.2 Å². The van der Waals surface area contributed by atoms with Crippen LogP contribution in [-0.2, 0) is 21.9 Å². The molecule has 2 fully saturated rings. The molecule has 0 unspecified atom stereocenters. The molecular weight excluding hydrogens is 452 g/mol. The van der Waals surface area contributed by atoms with Crippen LogP contribution in [0.25, 0.3) is 0 Å². The number of likely N-dealkylation sites (tertiary alicyclic amines) is 1. The summed E-state index contributed by atoms with van der Waals surface area (Å²) in [6, 6.07) is 7.38. The minimum Gasteiger partial charge on any atom is -0.345 e. The van der Waals surface area contributed by atoms with E-state index < -0.39 is 10.0 Å². The zero-order valence-electron chi connectivity index (χ0n) is 20.2. The van der Waals surface area contributed by atoms with Crippen molar-refractivity contribution in [3.8, 4) is 0 Å². The number of carbonyl (C=O) groups is 2. The molecule has 9 heteroatoms. The van der Waals surface area contributed by atoms with Gasteiger partial charge in [-0.3, -0.25) is 9.59 Å². The molecule has 1 aromatic heterocycles. The van der Waals surface area contributed by atoms with Crippen LogP contribution in [0, 0.1) is 19.8 Å². The normalized spacial score (nSPS) is 18.1. The number of benzene rings is 1. The number of amides is 2. The molecule has 1 aromatic carbocycles. The number of sulfonamides is 1. The molecule has 3 heterocycles. The fourth-order valence-electron chi connectivity index (χ4n) is 4.84. The van der Waals surface area contributed by atoms with Gasteiger partial charge in [0.2, 0.25) is 15.9 Å². The van der Waals surface area contributed by atoms with E-state index in [0.717, 1.165) is 36.1 Å². The predicted molar refractivity (Wildman–Crippen MR) is 131 cm³/mol. The van der Waals surface area contributed by atoms with Crippen molar-refractivity contribution in [2.45, 2.75) is 50.8 Å². The molecule has 2 saturated heterocycles. The highest BCUT2D eigenvalue weighted by Gasteiger charge is 2.34. The maximum absolute atomic E-state index is 13.3. The summed E-state index contributed by atoms with van der Waals surface area (Å²) in [5.74, 6) is -0.428. The maximum Gasteiger partial charge on any atom is 0.270 e. The third-order valence-corrected chi connectivity index (χ3v) is 8.81. The van der Waals surface area contributed by atoms with Gasteiger partial charge in [-0.1, -0.05) is 17.7 Å². The molecule has 2 aromatic rings. The highest BCUT2D eigenvalue weighted by atomic mass is 32.2. The van der Waals surface area contributed by atoms with E-state index in [1.165, 1.54) is 16.6 Å². The molecule has 0 saturated carbocycles. The lowest BCUT2D eigenvalue weighted by molar-refractivity contribution is -0.120. The summed E-state index contributed by atoms with van der Waals surface area (Å²) in [6.45, 7) is 5.94. The summed E-state index contributed by atoms with van der Waals surface area (Å²) in [6.07, 6.45) is 5.52. The first-order chi connectivity index (χ1) is 16.2. The van der Waals surface area contributed by atoms with Crippen LogP contribution in [0.2, 0.25) is 0 Å². The van der Waals surface area contributed by atoms with Crippen LogP contribution in [0.1, 0.15) is 53.7 Å². The second kappa shape index (κ2) is 9.92. The molecule has 0 bridgehead atoms. The lowest BCUT2D eigenvalue weighted by Crippen LogP contribution is -2.41. The number of aryl methyl sites for hydroxylation is 3. The van der Waals surface area contributed by atoms with Crippen LogP contribution < -0.4 is 5.32 Å². The van der Waals surface area contributed by atoms with E-state index >= 15 is 0 Å². The van der Waals surface area contributed by atoms with Crippen LogP contribution in [0.4, 0.5) is 5.69 Å².